The summed E-state index contributed by atoms with van der Waals surface area (Å²) in [4.78, 5) is 24.9. The Morgan fingerprint density at radius 2 is 2.10 bits per heavy atom. The third-order valence-corrected chi connectivity index (χ3v) is 7.57. The van der Waals surface area contributed by atoms with Crippen molar-refractivity contribution in [2.45, 2.75) is 44.0 Å². The van der Waals surface area contributed by atoms with Crippen LogP contribution in [-0.2, 0) is 24.3 Å². The van der Waals surface area contributed by atoms with Crippen molar-refractivity contribution in [3.63, 3.8) is 0 Å². The Hall–Kier alpha value is -2.11. The van der Waals surface area contributed by atoms with Crippen LogP contribution in [0.5, 0.6) is 0 Å². The molecule has 2 heterocycles. The van der Waals surface area contributed by atoms with E-state index in [-0.39, 0.29) is 23.3 Å². The Kier molecular flexibility index (Phi) is 7.04. The van der Waals surface area contributed by atoms with Crippen LogP contribution in [-0.4, -0.2) is 59.6 Å². The first kappa shape index (κ1) is 22.6. The maximum Gasteiger partial charge on any atom is 0.328 e. The van der Waals surface area contributed by atoms with Crippen LogP contribution in [0, 0.1) is 11.8 Å². The Balaban J connectivity index is 1.76. The molecule has 9 nitrogen and oxygen atoms in total. The van der Waals surface area contributed by atoms with Gasteiger partial charge in [-0.05, 0) is 37.3 Å². The molecule has 3 rings (SSSR count). The minimum absolute atomic E-state index is 0.0533. The van der Waals surface area contributed by atoms with Crippen molar-refractivity contribution in [2.75, 3.05) is 20.2 Å². The van der Waals surface area contributed by atoms with Crippen molar-refractivity contribution in [3.8, 4) is 0 Å². The van der Waals surface area contributed by atoms with Gasteiger partial charge in [-0.2, -0.15) is 13.1 Å². The van der Waals surface area contributed by atoms with Crippen LogP contribution in [0.1, 0.15) is 33.1 Å². The van der Waals surface area contributed by atoms with Crippen molar-refractivity contribution in [3.05, 3.63) is 18.2 Å². The van der Waals surface area contributed by atoms with E-state index in [9.17, 15) is 18.0 Å². The second-order valence-corrected chi connectivity index (χ2v) is 10.2. The van der Waals surface area contributed by atoms with Crippen molar-refractivity contribution < 1.29 is 22.7 Å². The highest BCUT2D eigenvalue weighted by Gasteiger charge is 2.36. The van der Waals surface area contributed by atoms with Crippen LogP contribution < -0.4 is 5.32 Å². The zero-order valence-corrected chi connectivity index (χ0v) is 18.8. The van der Waals surface area contributed by atoms with E-state index in [2.05, 4.69) is 14.1 Å². The number of methoxy groups -OCH3 is 1. The number of piperidine rings is 1. The van der Waals surface area contributed by atoms with Crippen molar-refractivity contribution in [1.29, 1.82) is 0 Å². The second-order valence-electron chi connectivity index (χ2n) is 7.80. The van der Waals surface area contributed by atoms with Gasteiger partial charge in [0, 0.05) is 13.1 Å². The van der Waals surface area contributed by atoms with E-state index in [0.717, 1.165) is 11.7 Å². The molecule has 2 aromatic rings. The number of rotatable bonds is 7. The number of esters is 1. The second kappa shape index (κ2) is 9.36. The lowest BCUT2D eigenvalue weighted by molar-refractivity contribution is -0.146. The lowest BCUT2D eigenvalue weighted by Crippen LogP contribution is -2.49. The maximum atomic E-state index is 13.2. The van der Waals surface area contributed by atoms with E-state index in [1.54, 1.807) is 12.1 Å². The molecule has 30 heavy (non-hydrogen) atoms. The molecule has 0 spiro atoms. The van der Waals surface area contributed by atoms with E-state index in [1.165, 1.54) is 17.5 Å². The van der Waals surface area contributed by atoms with E-state index >= 15 is 0 Å². The van der Waals surface area contributed by atoms with Crippen LogP contribution in [0.4, 0.5) is 0 Å². The van der Waals surface area contributed by atoms with Crippen LogP contribution >= 0.6 is 11.7 Å². The molecule has 1 N–H and O–H groups in total. The first-order chi connectivity index (χ1) is 14.2. The molecular formula is C19H26N4O5S2. The normalized spacial score (nSPS) is 19.0. The SMILES string of the molecule is COC(=O)C(CC(C)C)NC(=O)C1CCCN(S(=O)(=O)c2cccc3nsnc23)C1. The van der Waals surface area contributed by atoms with Crippen molar-refractivity contribution in [1.82, 2.24) is 18.4 Å². The molecule has 1 aliphatic heterocycles. The molecule has 1 aromatic carbocycles. The lowest BCUT2D eigenvalue weighted by atomic mass is 9.97. The number of hydrogen-bond donors (Lipinski definition) is 1. The van der Waals surface area contributed by atoms with Crippen molar-refractivity contribution >= 4 is 44.7 Å². The summed E-state index contributed by atoms with van der Waals surface area (Å²) in [7, 11) is -2.55. The Morgan fingerprint density at radius 1 is 1.33 bits per heavy atom. The number of nitrogens with zero attached hydrogens (tertiary/aromatic N) is 3. The third-order valence-electron chi connectivity index (χ3n) is 5.13. The summed E-state index contributed by atoms with van der Waals surface area (Å²) < 4.78 is 40.8. The molecule has 2 unspecified atom stereocenters. The number of aromatic nitrogens is 2. The van der Waals surface area contributed by atoms with E-state index in [0.29, 0.717) is 36.8 Å². The third kappa shape index (κ3) is 4.79. The molecule has 2 atom stereocenters. The number of fused-ring (bicyclic) bond motifs is 1. The number of benzene rings is 1. The first-order valence-corrected chi connectivity index (χ1v) is 12.0. The summed E-state index contributed by atoms with van der Waals surface area (Å²) in [5, 5.41) is 2.75. The molecule has 1 saturated heterocycles. The summed E-state index contributed by atoms with van der Waals surface area (Å²) in [6.45, 7) is 4.28. The molecule has 11 heteroatoms. The van der Waals surface area contributed by atoms with Gasteiger partial charge in [-0.1, -0.05) is 19.9 Å². The van der Waals surface area contributed by atoms with Gasteiger partial charge in [-0.3, -0.25) is 4.79 Å². The van der Waals surface area contributed by atoms with Gasteiger partial charge in [0.05, 0.1) is 24.8 Å². The molecule has 0 saturated carbocycles. The Labute approximate surface area is 180 Å². The highest BCUT2D eigenvalue weighted by molar-refractivity contribution is 7.89. The fourth-order valence-electron chi connectivity index (χ4n) is 3.62. The first-order valence-electron chi connectivity index (χ1n) is 9.83. The number of nitrogens with one attached hydrogen (secondary N) is 1. The number of carbonyl (C=O) groups excluding carboxylic acids is 2. The smallest absolute Gasteiger partial charge is 0.328 e. The van der Waals surface area contributed by atoms with Crippen molar-refractivity contribution in [2.24, 2.45) is 11.8 Å². The lowest BCUT2D eigenvalue weighted by Gasteiger charge is -2.32. The molecule has 1 aromatic heterocycles. The summed E-state index contributed by atoms with van der Waals surface area (Å²) in [6, 6.07) is 4.12. The van der Waals surface area contributed by atoms with Gasteiger partial charge in [0.2, 0.25) is 15.9 Å². The Morgan fingerprint density at radius 3 is 2.80 bits per heavy atom. The monoisotopic (exact) mass is 454 g/mol. The van der Waals surface area contributed by atoms with E-state index in [1.807, 2.05) is 13.8 Å². The highest BCUT2D eigenvalue weighted by Crippen LogP contribution is 2.28. The standard InChI is InChI=1S/C19H26N4O5S2/c1-12(2)10-15(19(25)28-3)20-18(24)13-6-5-9-23(11-13)30(26,27)16-8-4-7-14-17(16)22-29-21-14/h4,7-8,12-13,15H,5-6,9-11H2,1-3H3,(H,20,24). The Bertz CT molecular complexity index is 1020. The molecule has 1 aliphatic rings. The van der Waals surface area contributed by atoms with Gasteiger partial charge < -0.3 is 10.1 Å². The van der Waals surface area contributed by atoms with Crippen LogP contribution in [0.25, 0.3) is 11.0 Å². The molecular weight excluding hydrogens is 428 g/mol. The zero-order valence-electron chi connectivity index (χ0n) is 17.2. The molecule has 0 radical (unpaired) electrons. The molecule has 0 bridgehead atoms. The van der Waals surface area contributed by atoms with Gasteiger partial charge in [0.25, 0.3) is 0 Å². The topological polar surface area (TPSA) is 119 Å². The molecule has 0 aliphatic carbocycles. The summed E-state index contributed by atoms with van der Waals surface area (Å²) in [5.41, 5.74) is 0.874. The zero-order chi connectivity index (χ0) is 21.9. The van der Waals surface area contributed by atoms with E-state index < -0.39 is 28.0 Å². The number of carbonyl (C=O) groups is 2. The average Bonchev–Trinajstić information content (AvgIpc) is 3.21. The van der Waals surface area contributed by atoms with Crippen LogP contribution in [0.3, 0.4) is 0 Å². The largest absolute Gasteiger partial charge is 0.467 e. The number of hydrogen-bond acceptors (Lipinski definition) is 8. The predicted octanol–water partition coefficient (Wildman–Crippen LogP) is 1.80. The average molecular weight is 455 g/mol. The van der Waals surface area contributed by atoms with Gasteiger partial charge in [0.15, 0.2) is 0 Å². The molecule has 1 amide bonds. The number of ether oxygens (including phenoxy) is 1. The predicted molar refractivity (Wildman–Crippen MR) is 112 cm³/mol. The fraction of sp³-hybridized carbons (Fsp3) is 0.579. The number of sulfonamides is 1. The fourth-order valence-corrected chi connectivity index (χ4v) is 5.90. The van der Waals surface area contributed by atoms with Gasteiger partial charge in [-0.25, -0.2) is 13.2 Å². The highest BCUT2D eigenvalue weighted by atomic mass is 32.2. The van der Waals surface area contributed by atoms with Gasteiger partial charge >= 0.3 is 5.97 Å². The maximum absolute atomic E-state index is 13.2. The minimum atomic E-state index is -3.83. The van der Waals surface area contributed by atoms with Gasteiger partial charge in [0.1, 0.15) is 22.0 Å². The quantitative estimate of drug-likeness (QED) is 0.634. The molecule has 1 fully saturated rings. The minimum Gasteiger partial charge on any atom is -0.467 e. The van der Waals surface area contributed by atoms with Gasteiger partial charge in [-0.15, -0.1) is 0 Å². The summed E-state index contributed by atoms with van der Waals surface area (Å²) >= 11 is 0.961. The molecule has 164 valence electrons. The summed E-state index contributed by atoms with van der Waals surface area (Å²) in [5.74, 6) is -1.19. The van der Waals surface area contributed by atoms with E-state index in [4.69, 9.17) is 4.74 Å². The summed E-state index contributed by atoms with van der Waals surface area (Å²) in [6.07, 6.45) is 1.55. The van der Waals surface area contributed by atoms with Crippen LogP contribution in [0.15, 0.2) is 23.1 Å². The van der Waals surface area contributed by atoms with Crippen LogP contribution in [0.2, 0.25) is 0 Å². The number of amides is 1.